The Labute approximate surface area is 386 Å². The molecule has 0 aliphatic heterocycles. The van der Waals surface area contributed by atoms with E-state index in [4.69, 9.17) is 14.2 Å². The number of hydrogen-bond acceptors (Lipinski definition) is 6. The Balaban J connectivity index is 4.53. The summed E-state index contributed by atoms with van der Waals surface area (Å²) < 4.78 is 16.7. The Hall–Kier alpha value is -4.19. The number of unbranched alkanes of at least 4 members (excludes halogenated alkanes) is 14. The second-order valence-corrected chi connectivity index (χ2v) is 16.0. The first kappa shape index (κ1) is 58.8. The molecule has 0 aliphatic rings. The lowest BCUT2D eigenvalue weighted by atomic mass is 10.1. The Morgan fingerprint density at radius 2 is 0.730 bits per heavy atom. The highest BCUT2D eigenvalue weighted by Crippen LogP contribution is 2.13. The fourth-order valence-corrected chi connectivity index (χ4v) is 6.27. The van der Waals surface area contributed by atoms with Crippen molar-refractivity contribution in [2.75, 3.05) is 13.2 Å². The fourth-order valence-electron chi connectivity index (χ4n) is 6.27. The van der Waals surface area contributed by atoms with E-state index < -0.39 is 6.10 Å². The van der Waals surface area contributed by atoms with Gasteiger partial charge in [-0.1, -0.05) is 206 Å². The smallest absolute Gasteiger partial charge is 0.306 e. The van der Waals surface area contributed by atoms with Gasteiger partial charge in [0.05, 0.1) is 0 Å². The maximum atomic E-state index is 12.8. The van der Waals surface area contributed by atoms with Gasteiger partial charge in [-0.15, -0.1) is 0 Å². The van der Waals surface area contributed by atoms with Crippen molar-refractivity contribution in [3.8, 4) is 0 Å². The van der Waals surface area contributed by atoms with Crippen LogP contribution >= 0.6 is 0 Å². The van der Waals surface area contributed by atoms with Crippen LogP contribution in [0.25, 0.3) is 0 Å². The molecule has 1 atom stereocenters. The van der Waals surface area contributed by atoms with E-state index in [-0.39, 0.29) is 37.5 Å². The number of carbonyl (C=O) groups is 3. The molecule has 0 heterocycles. The molecule has 0 rings (SSSR count). The van der Waals surface area contributed by atoms with E-state index in [9.17, 15) is 14.4 Å². The van der Waals surface area contributed by atoms with E-state index >= 15 is 0 Å². The van der Waals surface area contributed by atoms with Crippen LogP contribution in [0.3, 0.4) is 0 Å². The number of esters is 3. The lowest BCUT2D eigenvalue weighted by molar-refractivity contribution is -0.166. The quantitative estimate of drug-likeness (QED) is 0.0200. The molecule has 6 heteroatoms. The third-order valence-electron chi connectivity index (χ3n) is 10.0. The lowest BCUT2D eigenvalue weighted by Gasteiger charge is -2.18. The van der Waals surface area contributed by atoms with Gasteiger partial charge < -0.3 is 14.2 Å². The minimum atomic E-state index is -0.820. The standard InChI is InChI=1S/C57H90O6/c1-4-7-10-13-16-19-22-24-26-27-28-29-31-32-35-38-41-44-47-50-56(59)62-53-54(52-61-55(58)49-46-43-40-37-34-21-18-15-12-9-6-3)63-57(60)51-48-45-42-39-36-33-30-25-23-20-17-14-11-8-5-2/h7-8,10-11,14-20,23-24,26,28-29,32,35,41,44,54H,4-6,9,12-13,21-22,25,27,30-31,33-34,36-40,42-43,45-53H2,1-3H3/b10-7-,11-8-,17-14-,18-15-,19-16-,23-20-,26-24-,29-28-,35-32-,44-41-. The minimum absolute atomic E-state index is 0.114. The molecule has 0 saturated heterocycles. The van der Waals surface area contributed by atoms with Crippen molar-refractivity contribution in [2.24, 2.45) is 0 Å². The maximum Gasteiger partial charge on any atom is 0.306 e. The molecule has 0 radical (unpaired) electrons. The van der Waals surface area contributed by atoms with Crippen LogP contribution in [-0.4, -0.2) is 37.2 Å². The van der Waals surface area contributed by atoms with Crippen LogP contribution in [-0.2, 0) is 28.6 Å². The average molecular weight is 871 g/mol. The highest BCUT2D eigenvalue weighted by atomic mass is 16.6. The first-order valence-corrected chi connectivity index (χ1v) is 25.1. The zero-order chi connectivity index (χ0) is 45.8. The van der Waals surface area contributed by atoms with E-state index in [1.807, 2.05) is 12.2 Å². The predicted octanol–water partition coefficient (Wildman–Crippen LogP) is 16.5. The summed E-state index contributed by atoms with van der Waals surface area (Å²) in [5.41, 5.74) is 0. The summed E-state index contributed by atoms with van der Waals surface area (Å²) in [5, 5.41) is 0. The number of rotatable bonds is 43. The number of allylic oxidation sites excluding steroid dienone is 20. The summed E-state index contributed by atoms with van der Waals surface area (Å²) in [6.07, 6.45) is 69.1. The van der Waals surface area contributed by atoms with Gasteiger partial charge in [-0.25, -0.2) is 0 Å². The average Bonchev–Trinajstić information content (AvgIpc) is 3.28. The summed E-state index contributed by atoms with van der Waals surface area (Å²) in [7, 11) is 0. The van der Waals surface area contributed by atoms with Gasteiger partial charge in [-0.3, -0.25) is 14.4 Å². The molecule has 0 amide bonds. The molecule has 0 aliphatic carbocycles. The van der Waals surface area contributed by atoms with Crippen LogP contribution < -0.4 is 0 Å². The van der Waals surface area contributed by atoms with Gasteiger partial charge in [-0.2, -0.15) is 0 Å². The molecular formula is C57H90O6. The monoisotopic (exact) mass is 871 g/mol. The lowest BCUT2D eigenvalue weighted by Crippen LogP contribution is -2.30. The van der Waals surface area contributed by atoms with Crippen molar-refractivity contribution in [3.05, 3.63) is 122 Å². The molecule has 354 valence electrons. The molecule has 0 saturated carbocycles. The molecule has 0 aromatic heterocycles. The SMILES string of the molecule is CC\C=C/C=C\C=C/CCCCCCCCCC(=O)OC(COC(=O)CC/C=C\C/C=C\C/C=C\C/C=C\C/C=C\C/C=C\CC)COC(=O)CCCCCCC/C=C\CCCC. The highest BCUT2D eigenvalue weighted by Gasteiger charge is 2.19. The number of carbonyl (C=O) groups excluding carboxylic acids is 3. The zero-order valence-corrected chi connectivity index (χ0v) is 40.3. The van der Waals surface area contributed by atoms with Crippen molar-refractivity contribution >= 4 is 17.9 Å². The van der Waals surface area contributed by atoms with Gasteiger partial charge in [0.1, 0.15) is 13.2 Å². The van der Waals surface area contributed by atoms with Gasteiger partial charge in [0.15, 0.2) is 6.10 Å². The molecule has 0 N–H and O–H groups in total. The van der Waals surface area contributed by atoms with Gasteiger partial charge in [-0.05, 0) is 96.3 Å². The highest BCUT2D eigenvalue weighted by molar-refractivity contribution is 5.71. The third kappa shape index (κ3) is 48.7. The van der Waals surface area contributed by atoms with Crippen LogP contribution in [0, 0.1) is 0 Å². The van der Waals surface area contributed by atoms with Gasteiger partial charge in [0.25, 0.3) is 0 Å². The largest absolute Gasteiger partial charge is 0.462 e. The van der Waals surface area contributed by atoms with E-state index in [0.717, 1.165) is 109 Å². The molecule has 6 nitrogen and oxygen atoms in total. The van der Waals surface area contributed by atoms with Crippen LogP contribution in [0.15, 0.2) is 122 Å². The van der Waals surface area contributed by atoms with Crippen LogP contribution in [0.2, 0.25) is 0 Å². The summed E-state index contributed by atoms with van der Waals surface area (Å²) in [5.74, 6) is -1.03. The van der Waals surface area contributed by atoms with Gasteiger partial charge in [0.2, 0.25) is 0 Å². The van der Waals surface area contributed by atoms with Crippen LogP contribution in [0.4, 0.5) is 0 Å². The Morgan fingerprint density at radius 1 is 0.349 bits per heavy atom. The molecule has 0 fully saturated rings. The first-order chi connectivity index (χ1) is 31.0. The molecule has 1 unspecified atom stereocenters. The molecule has 0 aromatic rings. The van der Waals surface area contributed by atoms with E-state index in [1.165, 1.54) is 44.9 Å². The van der Waals surface area contributed by atoms with E-state index in [0.29, 0.717) is 19.3 Å². The molecule has 0 aromatic carbocycles. The molecule has 63 heavy (non-hydrogen) atoms. The minimum Gasteiger partial charge on any atom is -0.462 e. The summed E-state index contributed by atoms with van der Waals surface area (Å²) >= 11 is 0. The molecular weight excluding hydrogens is 781 g/mol. The molecule has 0 bridgehead atoms. The van der Waals surface area contributed by atoms with Crippen molar-refractivity contribution in [1.29, 1.82) is 0 Å². The normalized spacial score (nSPS) is 13.1. The topological polar surface area (TPSA) is 78.9 Å². The Morgan fingerprint density at radius 3 is 1.24 bits per heavy atom. The van der Waals surface area contributed by atoms with Crippen molar-refractivity contribution in [1.82, 2.24) is 0 Å². The Kier molecular flexibility index (Phi) is 47.1. The second-order valence-electron chi connectivity index (χ2n) is 16.0. The Bertz CT molecular complexity index is 1370. The summed E-state index contributed by atoms with van der Waals surface area (Å²) in [6.45, 7) is 6.25. The maximum absolute atomic E-state index is 12.8. The van der Waals surface area contributed by atoms with Crippen LogP contribution in [0.5, 0.6) is 0 Å². The number of ether oxygens (including phenoxy) is 3. The van der Waals surface area contributed by atoms with Crippen molar-refractivity contribution in [3.63, 3.8) is 0 Å². The number of hydrogen-bond donors (Lipinski definition) is 0. The first-order valence-electron chi connectivity index (χ1n) is 25.1. The van der Waals surface area contributed by atoms with E-state index in [2.05, 4.69) is 130 Å². The molecule has 0 spiro atoms. The van der Waals surface area contributed by atoms with Crippen molar-refractivity contribution < 1.29 is 28.6 Å². The summed E-state index contributed by atoms with van der Waals surface area (Å²) in [6, 6.07) is 0. The fraction of sp³-hybridized carbons (Fsp3) is 0.596. The zero-order valence-electron chi connectivity index (χ0n) is 40.3. The van der Waals surface area contributed by atoms with Crippen molar-refractivity contribution in [2.45, 2.75) is 207 Å². The van der Waals surface area contributed by atoms with Gasteiger partial charge in [0, 0.05) is 19.3 Å². The predicted molar refractivity (Wildman–Crippen MR) is 269 cm³/mol. The van der Waals surface area contributed by atoms with E-state index in [1.54, 1.807) is 0 Å². The van der Waals surface area contributed by atoms with Crippen LogP contribution in [0.1, 0.15) is 201 Å². The van der Waals surface area contributed by atoms with Gasteiger partial charge >= 0.3 is 17.9 Å². The second kappa shape index (κ2) is 50.5. The summed E-state index contributed by atoms with van der Waals surface area (Å²) in [4.78, 5) is 37.9. The third-order valence-corrected chi connectivity index (χ3v) is 10.0.